The maximum atomic E-state index is 5.86. The Labute approximate surface area is 137 Å². The molecule has 112 valence electrons. The standard InChI is InChI=1S/C16H16BrClO3/c1-19-15-7-11(9-17)16(20-2)12(8-15)10-21-14-5-3-13(18)4-6-14/h3-8H,9-10H2,1-2H3. The maximum absolute atomic E-state index is 5.86. The maximum Gasteiger partial charge on any atom is 0.129 e. The van der Waals surface area contributed by atoms with Gasteiger partial charge in [0.25, 0.3) is 0 Å². The average molecular weight is 372 g/mol. The van der Waals surface area contributed by atoms with E-state index in [1.54, 1.807) is 26.4 Å². The summed E-state index contributed by atoms with van der Waals surface area (Å²) < 4.78 is 16.6. The van der Waals surface area contributed by atoms with Crippen molar-refractivity contribution < 1.29 is 14.2 Å². The lowest BCUT2D eigenvalue weighted by Crippen LogP contribution is -2.02. The van der Waals surface area contributed by atoms with Crippen molar-refractivity contribution in [1.82, 2.24) is 0 Å². The number of alkyl halides is 1. The van der Waals surface area contributed by atoms with Crippen molar-refractivity contribution in [1.29, 1.82) is 0 Å². The molecule has 0 aliphatic rings. The highest BCUT2D eigenvalue weighted by atomic mass is 79.9. The van der Waals surface area contributed by atoms with Crippen molar-refractivity contribution in [3.8, 4) is 17.2 Å². The van der Waals surface area contributed by atoms with Gasteiger partial charge in [0.15, 0.2) is 0 Å². The molecule has 0 spiro atoms. The summed E-state index contributed by atoms with van der Waals surface area (Å²) in [6.45, 7) is 0.391. The van der Waals surface area contributed by atoms with Gasteiger partial charge in [0.2, 0.25) is 0 Å². The predicted molar refractivity (Wildman–Crippen MR) is 88.0 cm³/mol. The Morgan fingerprint density at radius 1 is 0.952 bits per heavy atom. The first-order valence-electron chi connectivity index (χ1n) is 6.36. The second-order valence-corrected chi connectivity index (χ2v) is 5.35. The molecule has 0 aliphatic heterocycles. The van der Waals surface area contributed by atoms with Gasteiger partial charge < -0.3 is 14.2 Å². The van der Waals surface area contributed by atoms with Gasteiger partial charge in [0.05, 0.1) is 14.2 Å². The minimum atomic E-state index is 0.391. The summed E-state index contributed by atoms with van der Waals surface area (Å²) in [5.41, 5.74) is 1.95. The van der Waals surface area contributed by atoms with Crippen LogP contribution in [0.5, 0.6) is 17.2 Å². The highest BCUT2D eigenvalue weighted by Crippen LogP contribution is 2.32. The van der Waals surface area contributed by atoms with Crippen LogP contribution in [0, 0.1) is 0 Å². The Bertz CT molecular complexity index is 599. The second kappa shape index (κ2) is 7.57. The van der Waals surface area contributed by atoms with Gasteiger partial charge in [-0.3, -0.25) is 0 Å². The van der Waals surface area contributed by atoms with Gasteiger partial charge in [-0.15, -0.1) is 0 Å². The minimum Gasteiger partial charge on any atom is -0.497 e. The first kappa shape index (κ1) is 16.0. The molecule has 5 heteroatoms. The van der Waals surface area contributed by atoms with Gasteiger partial charge in [-0.05, 0) is 36.4 Å². The van der Waals surface area contributed by atoms with Gasteiger partial charge in [-0.1, -0.05) is 27.5 Å². The Balaban J connectivity index is 2.23. The van der Waals surface area contributed by atoms with Gasteiger partial charge in [-0.25, -0.2) is 0 Å². The topological polar surface area (TPSA) is 27.7 Å². The number of rotatable bonds is 6. The van der Waals surface area contributed by atoms with Gasteiger partial charge >= 0.3 is 0 Å². The third-order valence-electron chi connectivity index (χ3n) is 3.01. The predicted octanol–water partition coefficient (Wildman–Crippen LogP) is 4.83. The Morgan fingerprint density at radius 2 is 1.62 bits per heavy atom. The smallest absolute Gasteiger partial charge is 0.129 e. The Hall–Kier alpha value is -1.39. The highest BCUT2D eigenvalue weighted by Gasteiger charge is 2.12. The van der Waals surface area contributed by atoms with Crippen LogP contribution in [0.25, 0.3) is 0 Å². The van der Waals surface area contributed by atoms with E-state index in [0.717, 1.165) is 28.4 Å². The fourth-order valence-electron chi connectivity index (χ4n) is 2.00. The molecule has 0 saturated heterocycles. The van der Waals surface area contributed by atoms with Crippen molar-refractivity contribution in [2.24, 2.45) is 0 Å². The quantitative estimate of drug-likeness (QED) is 0.681. The van der Waals surface area contributed by atoms with E-state index in [-0.39, 0.29) is 0 Å². The number of hydrogen-bond acceptors (Lipinski definition) is 3. The zero-order chi connectivity index (χ0) is 15.2. The molecule has 0 unspecified atom stereocenters. The lowest BCUT2D eigenvalue weighted by atomic mass is 10.1. The molecule has 2 aromatic carbocycles. The van der Waals surface area contributed by atoms with E-state index in [9.17, 15) is 0 Å². The first-order valence-corrected chi connectivity index (χ1v) is 7.86. The van der Waals surface area contributed by atoms with Crippen LogP contribution in [0.3, 0.4) is 0 Å². The van der Waals surface area contributed by atoms with Crippen LogP contribution < -0.4 is 14.2 Å². The van der Waals surface area contributed by atoms with Crippen LogP contribution in [0.4, 0.5) is 0 Å². The van der Waals surface area contributed by atoms with E-state index in [1.807, 2.05) is 24.3 Å². The van der Waals surface area contributed by atoms with Gasteiger partial charge in [-0.2, -0.15) is 0 Å². The molecule has 21 heavy (non-hydrogen) atoms. The monoisotopic (exact) mass is 370 g/mol. The third-order valence-corrected chi connectivity index (χ3v) is 3.86. The molecule has 0 N–H and O–H groups in total. The van der Waals surface area contributed by atoms with Crippen molar-refractivity contribution >= 4 is 27.5 Å². The molecule has 0 aliphatic carbocycles. The Kier molecular flexibility index (Phi) is 5.76. The fourth-order valence-corrected chi connectivity index (χ4v) is 2.54. The number of ether oxygens (including phenoxy) is 3. The summed E-state index contributed by atoms with van der Waals surface area (Å²) >= 11 is 9.32. The summed E-state index contributed by atoms with van der Waals surface area (Å²) in [7, 11) is 3.30. The highest BCUT2D eigenvalue weighted by molar-refractivity contribution is 9.08. The normalized spacial score (nSPS) is 10.3. The van der Waals surface area contributed by atoms with Crippen LogP contribution >= 0.6 is 27.5 Å². The van der Waals surface area contributed by atoms with Crippen LogP contribution in [-0.2, 0) is 11.9 Å². The fraction of sp³-hybridized carbons (Fsp3) is 0.250. The van der Waals surface area contributed by atoms with Gasteiger partial charge in [0, 0.05) is 21.5 Å². The number of halogens is 2. The largest absolute Gasteiger partial charge is 0.497 e. The summed E-state index contributed by atoms with van der Waals surface area (Å²) in [6, 6.07) is 11.1. The molecular formula is C16H16BrClO3. The molecule has 0 fully saturated rings. The van der Waals surface area contributed by atoms with E-state index in [1.165, 1.54) is 0 Å². The molecule has 0 aromatic heterocycles. The molecule has 2 rings (SSSR count). The Morgan fingerprint density at radius 3 is 2.19 bits per heavy atom. The van der Waals surface area contributed by atoms with Crippen molar-refractivity contribution in [3.05, 3.63) is 52.5 Å². The summed E-state index contributed by atoms with van der Waals surface area (Å²) in [5, 5.41) is 1.37. The third kappa shape index (κ3) is 4.05. The molecule has 0 atom stereocenters. The summed E-state index contributed by atoms with van der Waals surface area (Å²) in [4.78, 5) is 0. The molecule has 2 aromatic rings. The average Bonchev–Trinajstić information content (AvgIpc) is 2.53. The van der Waals surface area contributed by atoms with E-state index in [4.69, 9.17) is 25.8 Å². The van der Waals surface area contributed by atoms with E-state index >= 15 is 0 Å². The second-order valence-electron chi connectivity index (χ2n) is 4.36. The summed E-state index contributed by atoms with van der Waals surface area (Å²) in [5.74, 6) is 2.34. The van der Waals surface area contributed by atoms with E-state index < -0.39 is 0 Å². The molecule has 0 heterocycles. The van der Waals surface area contributed by atoms with E-state index in [2.05, 4.69) is 15.9 Å². The lowest BCUT2D eigenvalue weighted by Gasteiger charge is -2.15. The molecule has 0 bridgehead atoms. The van der Waals surface area contributed by atoms with Gasteiger partial charge in [0.1, 0.15) is 23.9 Å². The molecular weight excluding hydrogens is 356 g/mol. The molecule has 3 nitrogen and oxygen atoms in total. The summed E-state index contributed by atoms with van der Waals surface area (Å²) in [6.07, 6.45) is 0. The number of hydrogen-bond donors (Lipinski definition) is 0. The molecule has 0 amide bonds. The minimum absolute atomic E-state index is 0.391. The molecule has 0 radical (unpaired) electrons. The first-order chi connectivity index (χ1) is 10.2. The van der Waals surface area contributed by atoms with Crippen molar-refractivity contribution in [3.63, 3.8) is 0 Å². The number of methoxy groups -OCH3 is 2. The van der Waals surface area contributed by atoms with Crippen LogP contribution in [0.15, 0.2) is 36.4 Å². The zero-order valence-corrected chi connectivity index (χ0v) is 14.2. The molecule has 0 saturated carbocycles. The van der Waals surface area contributed by atoms with Crippen LogP contribution in [-0.4, -0.2) is 14.2 Å². The zero-order valence-electron chi connectivity index (χ0n) is 11.9. The van der Waals surface area contributed by atoms with Crippen molar-refractivity contribution in [2.75, 3.05) is 14.2 Å². The van der Waals surface area contributed by atoms with Crippen molar-refractivity contribution in [2.45, 2.75) is 11.9 Å². The van der Waals surface area contributed by atoms with Crippen LogP contribution in [0.1, 0.15) is 11.1 Å². The lowest BCUT2D eigenvalue weighted by molar-refractivity contribution is 0.295. The SMILES string of the molecule is COc1cc(CBr)c(OC)c(COc2ccc(Cl)cc2)c1. The number of benzene rings is 2. The van der Waals surface area contributed by atoms with Crippen LogP contribution in [0.2, 0.25) is 5.02 Å². The van der Waals surface area contributed by atoms with E-state index in [0.29, 0.717) is 17.0 Å².